The molecule has 110 valence electrons. The van der Waals surface area contributed by atoms with Crippen LogP contribution >= 0.6 is 0 Å². The van der Waals surface area contributed by atoms with Gasteiger partial charge < -0.3 is 14.2 Å². The normalized spacial score (nSPS) is 41.3. The lowest BCUT2D eigenvalue weighted by molar-refractivity contribution is -0.150. The van der Waals surface area contributed by atoms with Gasteiger partial charge in [0, 0.05) is 12.8 Å². The lowest BCUT2D eigenvalue weighted by Gasteiger charge is -2.37. The zero-order valence-corrected chi connectivity index (χ0v) is 12.6. The number of rotatable bonds is 5. The molecule has 0 aromatic heterocycles. The van der Waals surface area contributed by atoms with Crippen molar-refractivity contribution < 1.29 is 19.0 Å². The van der Waals surface area contributed by atoms with Crippen LogP contribution < -0.4 is 0 Å². The van der Waals surface area contributed by atoms with Gasteiger partial charge in [-0.1, -0.05) is 20.3 Å². The maximum absolute atomic E-state index is 12.3. The topological polar surface area (TPSA) is 48.1 Å². The fourth-order valence-electron chi connectivity index (χ4n) is 3.38. The molecule has 2 rings (SSSR count). The van der Waals surface area contributed by atoms with Crippen molar-refractivity contribution in [3.8, 4) is 0 Å². The molecule has 2 aliphatic rings. The molecule has 0 radical (unpaired) electrons. The van der Waals surface area contributed by atoms with Crippen LogP contribution in [-0.4, -0.2) is 36.0 Å². The average molecular weight is 270 g/mol. The number of hydrogen-bond acceptors (Lipinski definition) is 4. The summed E-state index contributed by atoms with van der Waals surface area (Å²) in [5.41, 5.74) is -1.24. The Balaban J connectivity index is 2.18. The van der Waals surface area contributed by atoms with Crippen molar-refractivity contribution in [1.29, 1.82) is 0 Å². The van der Waals surface area contributed by atoms with Crippen LogP contribution in [0.15, 0.2) is 0 Å². The first-order valence-corrected chi connectivity index (χ1v) is 7.49. The number of esters is 1. The van der Waals surface area contributed by atoms with E-state index in [1.165, 1.54) is 0 Å². The van der Waals surface area contributed by atoms with Crippen LogP contribution in [0.5, 0.6) is 0 Å². The summed E-state index contributed by atoms with van der Waals surface area (Å²) in [6, 6.07) is 0. The van der Waals surface area contributed by atoms with E-state index in [-0.39, 0.29) is 17.2 Å². The number of carbonyl (C=O) groups excluding carboxylic acids is 1. The fraction of sp³-hybridized carbons (Fsp3) is 0.933. The lowest BCUT2D eigenvalue weighted by atomic mass is 9.76. The van der Waals surface area contributed by atoms with Crippen molar-refractivity contribution in [3.63, 3.8) is 0 Å². The Hall–Kier alpha value is -0.610. The van der Waals surface area contributed by atoms with Crippen molar-refractivity contribution in [1.82, 2.24) is 0 Å². The molecule has 3 atom stereocenters. The predicted molar refractivity (Wildman–Crippen MR) is 72.0 cm³/mol. The predicted octanol–water partition coefficient (Wildman–Crippen LogP) is 2.84. The molecule has 0 aliphatic carbocycles. The van der Waals surface area contributed by atoms with Crippen molar-refractivity contribution in [2.75, 3.05) is 13.2 Å². The molecule has 2 aliphatic heterocycles. The third kappa shape index (κ3) is 2.29. The summed E-state index contributed by atoms with van der Waals surface area (Å²) < 4.78 is 17.1. The van der Waals surface area contributed by atoms with E-state index in [0.29, 0.717) is 13.2 Å². The fourth-order valence-corrected chi connectivity index (χ4v) is 3.38. The highest BCUT2D eigenvalue weighted by molar-refractivity contribution is 5.85. The highest BCUT2D eigenvalue weighted by Gasteiger charge is 2.76. The minimum Gasteiger partial charge on any atom is -0.464 e. The van der Waals surface area contributed by atoms with Gasteiger partial charge in [-0.3, -0.25) is 0 Å². The zero-order chi connectivity index (χ0) is 14.1. The number of hydrogen-bond donors (Lipinski definition) is 0. The monoisotopic (exact) mass is 270 g/mol. The summed E-state index contributed by atoms with van der Waals surface area (Å²) in [6.45, 7) is 9.21. The van der Waals surface area contributed by atoms with Gasteiger partial charge in [-0.2, -0.15) is 0 Å². The Labute approximate surface area is 115 Å². The Bertz CT molecular complexity index is 356. The van der Waals surface area contributed by atoms with Gasteiger partial charge in [-0.15, -0.1) is 0 Å². The van der Waals surface area contributed by atoms with E-state index in [2.05, 4.69) is 20.8 Å². The Morgan fingerprint density at radius 1 is 1.32 bits per heavy atom. The molecule has 0 bridgehead atoms. The molecule has 19 heavy (non-hydrogen) atoms. The van der Waals surface area contributed by atoms with E-state index < -0.39 is 5.60 Å². The van der Waals surface area contributed by atoms with Gasteiger partial charge in [0.2, 0.25) is 0 Å². The Morgan fingerprint density at radius 3 is 2.63 bits per heavy atom. The van der Waals surface area contributed by atoms with Gasteiger partial charge in [0.25, 0.3) is 0 Å². The van der Waals surface area contributed by atoms with E-state index in [9.17, 15) is 4.79 Å². The Morgan fingerprint density at radius 2 is 2.05 bits per heavy atom. The lowest BCUT2D eigenvalue weighted by Crippen LogP contribution is -2.46. The van der Waals surface area contributed by atoms with Gasteiger partial charge >= 0.3 is 5.97 Å². The van der Waals surface area contributed by atoms with Crippen LogP contribution in [0.2, 0.25) is 0 Å². The Kier molecular flexibility index (Phi) is 3.94. The molecule has 4 nitrogen and oxygen atoms in total. The third-order valence-electron chi connectivity index (χ3n) is 4.63. The van der Waals surface area contributed by atoms with Gasteiger partial charge in [-0.25, -0.2) is 4.79 Å². The van der Waals surface area contributed by atoms with E-state index >= 15 is 0 Å². The molecule has 1 spiro atoms. The largest absolute Gasteiger partial charge is 0.464 e. The quantitative estimate of drug-likeness (QED) is 0.569. The van der Waals surface area contributed by atoms with Crippen LogP contribution in [0.4, 0.5) is 0 Å². The molecule has 0 aromatic carbocycles. The smallest absolute Gasteiger partial charge is 0.341 e. The van der Waals surface area contributed by atoms with Crippen molar-refractivity contribution in [2.45, 2.75) is 76.6 Å². The average Bonchev–Trinajstić information content (AvgIpc) is 2.97. The van der Waals surface area contributed by atoms with E-state index in [4.69, 9.17) is 14.2 Å². The molecule has 0 saturated carbocycles. The second kappa shape index (κ2) is 5.06. The number of carbonyl (C=O) groups is 1. The number of epoxide rings is 1. The highest BCUT2D eigenvalue weighted by Crippen LogP contribution is 2.60. The molecule has 0 amide bonds. The van der Waals surface area contributed by atoms with Gasteiger partial charge in [0.1, 0.15) is 5.60 Å². The van der Waals surface area contributed by atoms with Crippen LogP contribution in [0.3, 0.4) is 0 Å². The van der Waals surface area contributed by atoms with Crippen LogP contribution in [0.1, 0.15) is 59.8 Å². The van der Waals surface area contributed by atoms with Gasteiger partial charge in [-0.05, 0) is 26.7 Å². The summed E-state index contributed by atoms with van der Waals surface area (Å²) in [5, 5.41) is 0. The summed E-state index contributed by atoms with van der Waals surface area (Å²) >= 11 is 0. The molecule has 0 aromatic rings. The molecule has 4 heteroatoms. The summed E-state index contributed by atoms with van der Waals surface area (Å²) in [4.78, 5) is 12.3. The molecule has 0 N–H and O–H groups in total. The molecule has 2 saturated heterocycles. The maximum Gasteiger partial charge on any atom is 0.341 e. The highest BCUT2D eigenvalue weighted by atomic mass is 16.7. The molecule has 2 heterocycles. The SMILES string of the molecule is CCCC1(C(=O)OCC)OC12CCOC(C)(CC)C2. The summed E-state index contributed by atoms with van der Waals surface area (Å²) in [5.74, 6) is -0.183. The van der Waals surface area contributed by atoms with Crippen molar-refractivity contribution >= 4 is 5.97 Å². The second-order valence-corrected chi connectivity index (χ2v) is 5.97. The van der Waals surface area contributed by atoms with Crippen LogP contribution in [0, 0.1) is 0 Å². The van der Waals surface area contributed by atoms with Crippen molar-refractivity contribution in [2.24, 2.45) is 0 Å². The second-order valence-electron chi connectivity index (χ2n) is 5.97. The van der Waals surface area contributed by atoms with Gasteiger partial charge in [0.15, 0.2) is 5.60 Å². The van der Waals surface area contributed by atoms with Crippen molar-refractivity contribution in [3.05, 3.63) is 0 Å². The minimum absolute atomic E-state index is 0.180. The molecular formula is C15H26O4. The van der Waals surface area contributed by atoms with E-state index in [0.717, 1.165) is 32.1 Å². The summed E-state index contributed by atoms with van der Waals surface area (Å²) in [7, 11) is 0. The van der Waals surface area contributed by atoms with Crippen LogP contribution in [0.25, 0.3) is 0 Å². The molecule has 3 unspecified atom stereocenters. The van der Waals surface area contributed by atoms with E-state index in [1.807, 2.05) is 6.92 Å². The maximum atomic E-state index is 12.3. The first kappa shape index (κ1) is 14.8. The minimum atomic E-state index is -0.710. The van der Waals surface area contributed by atoms with E-state index in [1.54, 1.807) is 0 Å². The summed E-state index contributed by atoms with van der Waals surface area (Å²) in [6.07, 6.45) is 4.18. The standard InChI is InChI=1S/C15H26O4/c1-5-8-15(12(16)17-7-3)14(19-15)9-10-18-13(4,6-2)11-14/h5-11H2,1-4H3. The first-order valence-electron chi connectivity index (χ1n) is 7.49. The third-order valence-corrected chi connectivity index (χ3v) is 4.63. The molecule has 2 fully saturated rings. The number of ether oxygens (including phenoxy) is 3. The van der Waals surface area contributed by atoms with Gasteiger partial charge in [0.05, 0.1) is 18.8 Å². The first-order chi connectivity index (χ1) is 8.97. The zero-order valence-electron chi connectivity index (χ0n) is 12.6. The van der Waals surface area contributed by atoms with Crippen LogP contribution in [-0.2, 0) is 19.0 Å². The molecular weight excluding hydrogens is 244 g/mol.